The minimum absolute atomic E-state index is 0.916. The number of benzene rings is 2. The van der Waals surface area contributed by atoms with E-state index in [1.165, 1.54) is 16.3 Å². The third kappa shape index (κ3) is 1.95. The maximum absolute atomic E-state index is 5.24. The predicted octanol–water partition coefficient (Wildman–Crippen LogP) is 1.63. The molecule has 0 amide bonds. The lowest BCUT2D eigenvalue weighted by Gasteiger charge is -2.06. The summed E-state index contributed by atoms with van der Waals surface area (Å²) in [5.74, 6) is 0.916. The lowest BCUT2D eigenvalue weighted by atomic mass is 10.0. The van der Waals surface area contributed by atoms with Gasteiger partial charge in [0.25, 0.3) is 0 Å². The molecule has 0 aromatic heterocycles. The molecular formula is C13H16NO+. The van der Waals surface area contributed by atoms with Crippen molar-refractivity contribution in [3.05, 3.63) is 42.0 Å². The van der Waals surface area contributed by atoms with E-state index in [9.17, 15) is 0 Å². The van der Waals surface area contributed by atoms with Crippen LogP contribution in [0, 0.1) is 0 Å². The highest BCUT2D eigenvalue weighted by molar-refractivity contribution is 5.87. The zero-order valence-corrected chi connectivity index (χ0v) is 8.99. The second-order valence-corrected chi connectivity index (χ2v) is 3.61. The summed E-state index contributed by atoms with van der Waals surface area (Å²) in [6, 6.07) is 12.6. The number of hydrogen-bond donors (Lipinski definition) is 1. The minimum atomic E-state index is 0.916. The van der Waals surface area contributed by atoms with E-state index in [4.69, 9.17) is 4.74 Å². The first-order valence-corrected chi connectivity index (χ1v) is 5.20. The third-order valence-corrected chi connectivity index (χ3v) is 2.63. The van der Waals surface area contributed by atoms with Crippen LogP contribution in [0.3, 0.4) is 0 Å². The molecule has 2 heteroatoms. The molecule has 0 heterocycles. The Balaban J connectivity index is 2.59. The molecule has 3 N–H and O–H groups in total. The third-order valence-electron chi connectivity index (χ3n) is 2.63. The summed E-state index contributed by atoms with van der Waals surface area (Å²) >= 11 is 0. The minimum Gasteiger partial charge on any atom is -0.497 e. The van der Waals surface area contributed by atoms with E-state index in [0.29, 0.717) is 0 Å². The molecule has 0 aliphatic carbocycles. The van der Waals surface area contributed by atoms with Gasteiger partial charge < -0.3 is 10.5 Å². The van der Waals surface area contributed by atoms with Gasteiger partial charge in [-0.25, -0.2) is 0 Å². The van der Waals surface area contributed by atoms with Gasteiger partial charge in [0.15, 0.2) is 0 Å². The Bertz CT molecular complexity index is 465. The van der Waals surface area contributed by atoms with Gasteiger partial charge in [0.1, 0.15) is 5.75 Å². The van der Waals surface area contributed by atoms with E-state index < -0.39 is 0 Å². The van der Waals surface area contributed by atoms with E-state index in [2.05, 4.69) is 36.1 Å². The van der Waals surface area contributed by atoms with Crippen LogP contribution in [-0.2, 0) is 6.42 Å². The fourth-order valence-electron chi connectivity index (χ4n) is 1.85. The highest BCUT2D eigenvalue weighted by atomic mass is 16.5. The highest BCUT2D eigenvalue weighted by Gasteiger charge is 2.02. The van der Waals surface area contributed by atoms with Crippen molar-refractivity contribution in [2.45, 2.75) is 6.42 Å². The zero-order chi connectivity index (χ0) is 10.7. The van der Waals surface area contributed by atoms with Crippen molar-refractivity contribution >= 4 is 10.8 Å². The maximum Gasteiger partial charge on any atom is 0.119 e. The van der Waals surface area contributed by atoms with Crippen LogP contribution in [0.2, 0.25) is 0 Å². The molecule has 2 aromatic carbocycles. The van der Waals surface area contributed by atoms with Crippen molar-refractivity contribution < 1.29 is 10.5 Å². The standard InChI is InChI=1S/C13H15NO/c1-15-12-6-5-10-3-2-4-11(7-8-14)13(10)9-12/h2-6,9H,7-8,14H2,1H3/p+1. The zero-order valence-electron chi connectivity index (χ0n) is 8.99. The van der Waals surface area contributed by atoms with Crippen LogP contribution in [0.5, 0.6) is 5.75 Å². The van der Waals surface area contributed by atoms with Gasteiger partial charge in [0, 0.05) is 6.42 Å². The Hall–Kier alpha value is -1.54. The van der Waals surface area contributed by atoms with Gasteiger partial charge in [0.05, 0.1) is 13.7 Å². The van der Waals surface area contributed by atoms with Crippen LogP contribution in [-0.4, -0.2) is 13.7 Å². The monoisotopic (exact) mass is 202 g/mol. The smallest absolute Gasteiger partial charge is 0.119 e. The maximum atomic E-state index is 5.24. The number of hydrogen-bond acceptors (Lipinski definition) is 1. The van der Waals surface area contributed by atoms with Crippen molar-refractivity contribution in [1.29, 1.82) is 0 Å². The number of rotatable bonds is 3. The van der Waals surface area contributed by atoms with Crippen molar-refractivity contribution in [3.8, 4) is 5.75 Å². The molecule has 0 saturated heterocycles. The fourth-order valence-corrected chi connectivity index (χ4v) is 1.85. The van der Waals surface area contributed by atoms with Crippen LogP contribution in [0.25, 0.3) is 10.8 Å². The second kappa shape index (κ2) is 4.32. The molecule has 0 aliphatic rings. The summed E-state index contributed by atoms with van der Waals surface area (Å²) < 4.78 is 5.24. The molecule has 0 radical (unpaired) electrons. The molecule has 0 fully saturated rings. The molecule has 0 spiro atoms. The summed E-state index contributed by atoms with van der Waals surface area (Å²) in [7, 11) is 1.70. The molecule has 0 saturated carbocycles. The lowest BCUT2D eigenvalue weighted by Crippen LogP contribution is -2.51. The van der Waals surface area contributed by atoms with Crippen molar-refractivity contribution in [2.75, 3.05) is 13.7 Å². The molecule has 2 rings (SSSR count). The van der Waals surface area contributed by atoms with Crippen molar-refractivity contribution in [2.24, 2.45) is 0 Å². The normalized spacial score (nSPS) is 10.5. The van der Waals surface area contributed by atoms with Gasteiger partial charge in [-0.1, -0.05) is 24.3 Å². The van der Waals surface area contributed by atoms with Crippen molar-refractivity contribution in [3.63, 3.8) is 0 Å². The summed E-state index contributed by atoms with van der Waals surface area (Å²) in [5, 5.41) is 2.54. The van der Waals surface area contributed by atoms with Crippen LogP contribution < -0.4 is 10.5 Å². The summed E-state index contributed by atoms with van der Waals surface area (Å²) in [4.78, 5) is 0. The van der Waals surface area contributed by atoms with Gasteiger partial charge in [-0.15, -0.1) is 0 Å². The van der Waals surface area contributed by atoms with Crippen molar-refractivity contribution in [1.82, 2.24) is 0 Å². The molecular weight excluding hydrogens is 186 g/mol. The largest absolute Gasteiger partial charge is 0.497 e. The Morgan fingerprint density at radius 3 is 2.80 bits per heavy atom. The predicted molar refractivity (Wildman–Crippen MR) is 62.0 cm³/mol. The van der Waals surface area contributed by atoms with Gasteiger partial charge in [-0.3, -0.25) is 0 Å². The Kier molecular flexibility index (Phi) is 2.88. The van der Waals surface area contributed by atoms with Gasteiger partial charge in [-0.2, -0.15) is 0 Å². The second-order valence-electron chi connectivity index (χ2n) is 3.61. The number of methoxy groups -OCH3 is 1. The molecule has 15 heavy (non-hydrogen) atoms. The molecule has 2 nitrogen and oxygen atoms in total. The van der Waals surface area contributed by atoms with Crippen LogP contribution in [0.15, 0.2) is 36.4 Å². The molecule has 0 unspecified atom stereocenters. The highest BCUT2D eigenvalue weighted by Crippen LogP contribution is 2.24. The van der Waals surface area contributed by atoms with Crippen LogP contribution in [0.1, 0.15) is 5.56 Å². The average molecular weight is 202 g/mol. The van der Waals surface area contributed by atoms with Crippen LogP contribution in [0.4, 0.5) is 0 Å². The first-order valence-electron chi connectivity index (χ1n) is 5.20. The summed E-state index contributed by atoms with van der Waals surface area (Å²) in [6.07, 6.45) is 1.02. The number of ether oxygens (including phenoxy) is 1. The fraction of sp³-hybridized carbons (Fsp3) is 0.231. The molecule has 0 atom stereocenters. The van der Waals surface area contributed by atoms with E-state index in [-0.39, 0.29) is 0 Å². The first-order chi connectivity index (χ1) is 7.35. The molecule has 2 aromatic rings. The SMILES string of the molecule is COc1ccc2cccc(CC[NH3+])c2c1. The molecule has 0 aliphatic heterocycles. The topological polar surface area (TPSA) is 36.9 Å². The van der Waals surface area contributed by atoms with Gasteiger partial charge in [-0.05, 0) is 28.5 Å². The van der Waals surface area contributed by atoms with E-state index in [0.717, 1.165) is 18.7 Å². The van der Waals surface area contributed by atoms with E-state index in [1.54, 1.807) is 7.11 Å². The average Bonchev–Trinajstić information content (AvgIpc) is 2.29. The molecule has 78 valence electrons. The van der Waals surface area contributed by atoms with E-state index >= 15 is 0 Å². The molecule has 0 bridgehead atoms. The number of fused-ring (bicyclic) bond motifs is 1. The Morgan fingerprint density at radius 2 is 2.07 bits per heavy atom. The van der Waals surface area contributed by atoms with Gasteiger partial charge in [0.2, 0.25) is 0 Å². The lowest BCUT2D eigenvalue weighted by molar-refractivity contribution is -0.366. The van der Waals surface area contributed by atoms with E-state index in [1.807, 2.05) is 6.07 Å². The summed E-state index contributed by atoms with van der Waals surface area (Å²) in [5.41, 5.74) is 5.25. The first kappa shape index (κ1) is 9.99. The Labute approximate surface area is 89.7 Å². The number of quaternary nitrogens is 1. The summed E-state index contributed by atoms with van der Waals surface area (Å²) in [6.45, 7) is 0.927. The van der Waals surface area contributed by atoms with Gasteiger partial charge >= 0.3 is 0 Å². The Morgan fingerprint density at radius 1 is 1.20 bits per heavy atom. The van der Waals surface area contributed by atoms with Crippen LogP contribution >= 0.6 is 0 Å². The quantitative estimate of drug-likeness (QED) is 0.807.